The normalized spacial score (nSPS) is 14.9. The number of hydrogen-bond acceptors (Lipinski definition) is 7. The lowest BCUT2D eigenvalue weighted by Crippen LogP contribution is -2.61. The van der Waals surface area contributed by atoms with Crippen molar-refractivity contribution in [3.63, 3.8) is 0 Å². The molecule has 1 amide bonds. The molecular formula is C27H30N2O6S. The van der Waals surface area contributed by atoms with Gasteiger partial charge in [-0.25, -0.2) is 8.42 Å². The molecule has 0 aliphatic carbocycles. The number of ketones is 1. The first-order chi connectivity index (χ1) is 17.0. The van der Waals surface area contributed by atoms with Gasteiger partial charge in [-0.05, 0) is 49.7 Å². The number of aliphatic hydroxyl groups is 1. The van der Waals surface area contributed by atoms with Crippen LogP contribution in [0.5, 0.6) is 5.75 Å². The highest BCUT2D eigenvalue weighted by molar-refractivity contribution is 7.91. The molecule has 4 rings (SSSR count). The van der Waals surface area contributed by atoms with Crippen LogP contribution in [-0.2, 0) is 26.0 Å². The molecule has 2 aromatic carbocycles. The largest absolute Gasteiger partial charge is 0.489 e. The molecule has 8 nitrogen and oxygen atoms in total. The Morgan fingerprint density at radius 1 is 1.11 bits per heavy atom. The molecular weight excluding hydrogens is 480 g/mol. The number of para-hydroxylation sites is 1. The van der Waals surface area contributed by atoms with E-state index < -0.39 is 27.6 Å². The van der Waals surface area contributed by atoms with Crippen LogP contribution in [0.25, 0.3) is 10.9 Å². The lowest BCUT2D eigenvalue weighted by molar-refractivity contribution is -0.143. The molecule has 9 heteroatoms. The van der Waals surface area contributed by atoms with Gasteiger partial charge < -0.3 is 14.7 Å². The van der Waals surface area contributed by atoms with Crippen molar-refractivity contribution in [2.24, 2.45) is 5.41 Å². The fourth-order valence-corrected chi connectivity index (χ4v) is 6.64. The maximum atomic E-state index is 13.2. The summed E-state index contributed by atoms with van der Waals surface area (Å²) in [6, 6.07) is 14.2. The number of fused-ring (bicyclic) bond motifs is 1. The molecule has 1 saturated heterocycles. The maximum Gasteiger partial charge on any atom is 0.219 e. The van der Waals surface area contributed by atoms with Gasteiger partial charge in [0.1, 0.15) is 19.0 Å². The van der Waals surface area contributed by atoms with Crippen LogP contribution < -0.4 is 4.74 Å². The average Bonchev–Trinajstić information content (AvgIpc) is 2.81. The minimum Gasteiger partial charge on any atom is -0.489 e. The van der Waals surface area contributed by atoms with Gasteiger partial charge in [0, 0.05) is 48.5 Å². The van der Waals surface area contributed by atoms with Crippen molar-refractivity contribution >= 4 is 32.4 Å². The molecule has 36 heavy (non-hydrogen) atoms. The van der Waals surface area contributed by atoms with Crippen LogP contribution in [0.3, 0.4) is 0 Å². The van der Waals surface area contributed by atoms with E-state index >= 15 is 0 Å². The van der Waals surface area contributed by atoms with Crippen LogP contribution in [0.2, 0.25) is 0 Å². The third-order valence-corrected chi connectivity index (χ3v) is 8.56. The summed E-state index contributed by atoms with van der Waals surface area (Å²) in [7, 11) is -3.74. The van der Waals surface area contributed by atoms with E-state index in [2.05, 4.69) is 4.98 Å². The topological polar surface area (TPSA) is 114 Å². The molecule has 0 atom stereocenters. The van der Waals surface area contributed by atoms with E-state index in [-0.39, 0.29) is 36.1 Å². The van der Waals surface area contributed by atoms with Crippen LogP contribution in [-0.4, -0.2) is 60.5 Å². The number of likely N-dealkylation sites (tertiary alicyclic amines) is 1. The Balaban J connectivity index is 1.48. The van der Waals surface area contributed by atoms with Gasteiger partial charge in [-0.1, -0.05) is 18.2 Å². The Bertz CT molecular complexity index is 1410. The number of carbonyl (C=O) groups is 2. The van der Waals surface area contributed by atoms with Crippen LogP contribution in [0.4, 0.5) is 0 Å². The number of amides is 1. The summed E-state index contributed by atoms with van der Waals surface area (Å²) in [5.74, 6) is -0.363. The number of hydrogen-bond donors (Lipinski definition) is 1. The van der Waals surface area contributed by atoms with E-state index in [0.717, 1.165) is 27.7 Å². The van der Waals surface area contributed by atoms with Crippen molar-refractivity contribution in [1.82, 2.24) is 9.88 Å². The number of carbonyl (C=O) groups excluding carboxylic acids is 2. The zero-order valence-electron chi connectivity index (χ0n) is 20.7. The van der Waals surface area contributed by atoms with E-state index in [9.17, 15) is 18.0 Å². The van der Waals surface area contributed by atoms with Crippen LogP contribution in [0, 0.1) is 19.3 Å². The molecule has 1 N–H and O–H groups in total. The first-order valence-corrected chi connectivity index (χ1v) is 13.4. The summed E-state index contributed by atoms with van der Waals surface area (Å²) in [5, 5.41) is 10.2. The van der Waals surface area contributed by atoms with Gasteiger partial charge in [0.2, 0.25) is 5.91 Å². The zero-order chi connectivity index (χ0) is 26.1. The van der Waals surface area contributed by atoms with E-state index in [0.29, 0.717) is 12.4 Å². The monoisotopic (exact) mass is 510 g/mol. The highest BCUT2D eigenvalue weighted by Gasteiger charge is 2.48. The van der Waals surface area contributed by atoms with Crippen LogP contribution in [0.15, 0.2) is 53.4 Å². The molecule has 0 spiro atoms. The summed E-state index contributed by atoms with van der Waals surface area (Å²) in [6.07, 6.45) is -0.0908. The number of aryl methyl sites for hydroxylation is 2. The molecule has 0 radical (unpaired) electrons. The molecule has 3 aromatic rings. The Labute approximate surface area is 210 Å². The predicted octanol–water partition coefficient (Wildman–Crippen LogP) is 3.00. The predicted molar refractivity (Wildman–Crippen MR) is 135 cm³/mol. The van der Waals surface area contributed by atoms with Crippen LogP contribution in [0.1, 0.15) is 30.2 Å². The Kier molecular flexibility index (Phi) is 7.15. The second-order valence-electron chi connectivity index (χ2n) is 9.66. The summed E-state index contributed by atoms with van der Waals surface area (Å²) < 4.78 is 32.3. The summed E-state index contributed by atoms with van der Waals surface area (Å²) >= 11 is 0. The number of nitrogens with zero attached hydrogens (tertiary/aromatic N) is 2. The van der Waals surface area contributed by atoms with Crippen molar-refractivity contribution in [3.05, 3.63) is 65.4 Å². The second kappa shape index (κ2) is 9.99. The maximum absolute atomic E-state index is 13.2. The number of sulfone groups is 1. The molecule has 0 saturated carbocycles. The minimum absolute atomic E-state index is 0.0908. The van der Waals surface area contributed by atoms with Crippen molar-refractivity contribution in [2.45, 2.75) is 38.7 Å². The Morgan fingerprint density at radius 3 is 2.44 bits per heavy atom. The van der Waals surface area contributed by atoms with Crippen LogP contribution >= 0.6 is 0 Å². The molecule has 0 bridgehead atoms. The number of Topliss-reactive ketones (excluding diaryl/α,β-unsaturated/α-hetero) is 1. The van der Waals surface area contributed by atoms with Crippen molar-refractivity contribution < 1.29 is 27.9 Å². The molecule has 1 fully saturated rings. The molecule has 190 valence electrons. The van der Waals surface area contributed by atoms with Crippen molar-refractivity contribution in [2.75, 3.05) is 25.4 Å². The fourth-order valence-electron chi connectivity index (χ4n) is 4.83. The Hall–Kier alpha value is -3.30. The standard InChI is InChI=1S/C27H30N2O6S/c1-18-5-4-6-25-21(11-19(2)28-26(18)25)14-35-23-7-9-24(10-8-23)36(33,34)17-27(12-22(32)13-30)15-29(16-27)20(3)31/h4-11,30H,12-17H2,1-3H3. The first kappa shape index (κ1) is 25.8. The third kappa shape index (κ3) is 5.42. The quantitative estimate of drug-likeness (QED) is 0.471. The lowest BCUT2D eigenvalue weighted by Gasteiger charge is -2.49. The van der Waals surface area contributed by atoms with Crippen molar-refractivity contribution in [3.8, 4) is 5.75 Å². The summed E-state index contributed by atoms with van der Waals surface area (Å²) in [6.45, 7) is 5.36. The number of aliphatic hydroxyl groups excluding tert-OH is 1. The number of rotatable bonds is 9. The fraction of sp³-hybridized carbons (Fsp3) is 0.370. The van der Waals surface area contributed by atoms with Gasteiger partial charge in [-0.15, -0.1) is 0 Å². The SMILES string of the molecule is CC(=O)N1CC(CC(=O)CO)(CS(=O)(=O)c2ccc(OCc3cc(C)nc4c(C)cccc34)cc2)C1. The lowest BCUT2D eigenvalue weighted by atomic mass is 9.77. The van der Waals surface area contributed by atoms with E-state index in [1.54, 1.807) is 12.1 Å². The smallest absolute Gasteiger partial charge is 0.219 e. The highest BCUT2D eigenvalue weighted by Crippen LogP contribution is 2.37. The first-order valence-electron chi connectivity index (χ1n) is 11.7. The van der Waals surface area contributed by atoms with E-state index in [1.807, 2.05) is 38.1 Å². The number of benzene rings is 2. The minimum atomic E-state index is -3.74. The molecule has 1 aliphatic rings. The zero-order valence-corrected chi connectivity index (χ0v) is 21.5. The van der Waals surface area contributed by atoms with Gasteiger partial charge in [0.15, 0.2) is 15.6 Å². The number of ether oxygens (including phenoxy) is 1. The van der Waals surface area contributed by atoms with E-state index in [4.69, 9.17) is 9.84 Å². The van der Waals surface area contributed by atoms with Gasteiger partial charge >= 0.3 is 0 Å². The summed E-state index contributed by atoms with van der Waals surface area (Å²) in [5.41, 5.74) is 3.02. The average molecular weight is 511 g/mol. The van der Waals surface area contributed by atoms with Gasteiger partial charge in [-0.2, -0.15) is 0 Å². The van der Waals surface area contributed by atoms with E-state index in [1.165, 1.54) is 24.0 Å². The molecule has 2 heterocycles. The second-order valence-corrected chi connectivity index (χ2v) is 11.7. The molecule has 0 unspecified atom stereocenters. The number of pyridine rings is 1. The third-order valence-electron chi connectivity index (χ3n) is 6.57. The molecule has 1 aromatic heterocycles. The van der Waals surface area contributed by atoms with Gasteiger partial charge in [-0.3, -0.25) is 14.6 Å². The van der Waals surface area contributed by atoms with Gasteiger partial charge in [0.05, 0.1) is 16.2 Å². The highest BCUT2D eigenvalue weighted by atomic mass is 32.2. The van der Waals surface area contributed by atoms with Gasteiger partial charge in [0.25, 0.3) is 0 Å². The molecule has 1 aliphatic heterocycles. The van der Waals surface area contributed by atoms with Crippen molar-refractivity contribution in [1.29, 1.82) is 0 Å². The number of aromatic nitrogens is 1. The summed E-state index contributed by atoms with van der Waals surface area (Å²) in [4.78, 5) is 29.8. The Morgan fingerprint density at radius 2 is 1.81 bits per heavy atom.